The smallest absolute Gasteiger partial charge is 0.341 e. The molecule has 0 saturated heterocycles. The second-order valence-electron chi connectivity index (χ2n) is 6.23. The molecule has 1 aromatic carbocycles. The van der Waals surface area contributed by atoms with Crippen molar-refractivity contribution in [1.29, 1.82) is 0 Å². The highest BCUT2D eigenvalue weighted by molar-refractivity contribution is 7.17. The Kier molecular flexibility index (Phi) is 6.16. The van der Waals surface area contributed by atoms with Crippen molar-refractivity contribution < 1.29 is 19.1 Å². The van der Waals surface area contributed by atoms with Crippen LogP contribution in [-0.4, -0.2) is 36.3 Å². The number of carbonyl (C=O) groups excluding carboxylic acids is 3. The van der Waals surface area contributed by atoms with Crippen LogP contribution in [0.1, 0.15) is 33.3 Å². The van der Waals surface area contributed by atoms with Gasteiger partial charge in [0.25, 0.3) is 0 Å². The molecule has 1 aromatic heterocycles. The fourth-order valence-corrected chi connectivity index (χ4v) is 4.46. The van der Waals surface area contributed by atoms with Gasteiger partial charge in [-0.05, 0) is 29.7 Å². The van der Waals surface area contributed by atoms with E-state index in [2.05, 4.69) is 5.32 Å². The zero-order valence-corrected chi connectivity index (χ0v) is 17.0. The Hall–Kier alpha value is -2.64. The maximum atomic E-state index is 12.4. The molecule has 0 saturated carbocycles. The highest BCUT2D eigenvalue weighted by Crippen LogP contribution is 2.37. The molecule has 2 amide bonds. The minimum Gasteiger partial charge on any atom is -0.465 e. The van der Waals surface area contributed by atoms with E-state index in [9.17, 15) is 14.4 Å². The van der Waals surface area contributed by atoms with Gasteiger partial charge in [0.1, 0.15) is 5.00 Å². The van der Waals surface area contributed by atoms with E-state index >= 15 is 0 Å². The molecule has 2 heterocycles. The van der Waals surface area contributed by atoms with Crippen LogP contribution < -0.4 is 5.32 Å². The third kappa shape index (κ3) is 4.26. The highest BCUT2D eigenvalue weighted by atomic mass is 35.5. The highest BCUT2D eigenvalue weighted by Gasteiger charge is 2.29. The van der Waals surface area contributed by atoms with E-state index < -0.39 is 5.97 Å². The summed E-state index contributed by atoms with van der Waals surface area (Å²) in [5.41, 5.74) is 1.92. The molecule has 2 aromatic rings. The molecular formula is C20H19ClN2O4S. The summed E-state index contributed by atoms with van der Waals surface area (Å²) in [5.74, 6) is -0.904. The molecular weight excluding hydrogens is 400 g/mol. The lowest BCUT2D eigenvalue weighted by atomic mass is 10.0. The number of nitrogens with one attached hydrogen (secondary N) is 1. The number of carbonyl (C=O) groups is 3. The van der Waals surface area contributed by atoms with E-state index in [4.69, 9.17) is 16.3 Å². The van der Waals surface area contributed by atoms with E-state index in [0.717, 1.165) is 16.0 Å². The summed E-state index contributed by atoms with van der Waals surface area (Å²) in [4.78, 5) is 39.0. The number of ether oxygens (including phenoxy) is 1. The molecule has 0 unspecified atom stereocenters. The van der Waals surface area contributed by atoms with Gasteiger partial charge < -0.3 is 15.0 Å². The standard InChI is InChI=1S/C20H19ClN2O4S/c1-12(24)23-10-9-14-16(11-23)28-19(18(14)20(26)27-2)22-17(25)8-7-13-5-3-4-6-15(13)21/h3-8H,9-11H2,1-2H3,(H,22,25). The molecule has 0 fully saturated rings. The number of hydrogen-bond donors (Lipinski definition) is 1. The first-order chi connectivity index (χ1) is 13.4. The van der Waals surface area contributed by atoms with Gasteiger partial charge in [0.15, 0.2) is 0 Å². The average molecular weight is 419 g/mol. The quantitative estimate of drug-likeness (QED) is 0.606. The van der Waals surface area contributed by atoms with E-state index in [1.54, 1.807) is 23.1 Å². The Morgan fingerprint density at radius 2 is 2.04 bits per heavy atom. The monoisotopic (exact) mass is 418 g/mol. The van der Waals surface area contributed by atoms with Gasteiger partial charge in [0, 0.05) is 29.4 Å². The molecule has 1 aliphatic heterocycles. The predicted octanol–water partition coefficient (Wildman–Crippen LogP) is 3.74. The fraction of sp³-hybridized carbons (Fsp3) is 0.250. The van der Waals surface area contributed by atoms with Crippen molar-refractivity contribution >= 4 is 51.8 Å². The van der Waals surface area contributed by atoms with Crippen LogP contribution in [0.25, 0.3) is 6.08 Å². The second kappa shape index (κ2) is 8.58. The zero-order valence-electron chi connectivity index (χ0n) is 15.5. The Bertz CT molecular complexity index is 967. The molecule has 0 atom stereocenters. The first kappa shape index (κ1) is 20.1. The lowest BCUT2D eigenvalue weighted by molar-refractivity contribution is -0.129. The van der Waals surface area contributed by atoms with Crippen LogP contribution in [0.2, 0.25) is 5.02 Å². The van der Waals surface area contributed by atoms with Crippen LogP contribution in [0.15, 0.2) is 30.3 Å². The van der Waals surface area contributed by atoms with E-state index in [-0.39, 0.29) is 11.8 Å². The first-order valence-corrected chi connectivity index (χ1v) is 9.82. The lowest BCUT2D eigenvalue weighted by Gasteiger charge is -2.25. The van der Waals surface area contributed by atoms with Crippen molar-refractivity contribution in [3.8, 4) is 0 Å². The lowest BCUT2D eigenvalue weighted by Crippen LogP contribution is -2.33. The SMILES string of the molecule is COC(=O)c1c(NC(=O)C=Cc2ccccc2Cl)sc2c1CCN(C(C)=O)C2. The fourth-order valence-electron chi connectivity index (χ4n) is 3.01. The normalized spacial score (nSPS) is 13.3. The van der Waals surface area contributed by atoms with Crippen molar-refractivity contribution in [3.63, 3.8) is 0 Å². The Balaban J connectivity index is 1.85. The maximum absolute atomic E-state index is 12.4. The van der Waals surface area contributed by atoms with Crippen molar-refractivity contribution in [2.75, 3.05) is 19.0 Å². The number of thiophene rings is 1. The minimum atomic E-state index is -0.501. The molecule has 0 aliphatic carbocycles. The van der Waals surface area contributed by atoms with Gasteiger partial charge in [-0.3, -0.25) is 9.59 Å². The van der Waals surface area contributed by atoms with Gasteiger partial charge in [-0.2, -0.15) is 0 Å². The van der Waals surface area contributed by atoms with Crippen molar-refractivity contribution in [3.05, 3.63) is 56.9 Å². The number of hydrogen-bond acceptors (Lipinski definition) is 5. The van der Waals surface area contributed by atoms with E-state index in [0.29, 0.717) is 35.1 Å². The molecule has 8 heteroatoms. The summed E-state index contributed by atoms with van der Waals surface area (Å²) >= 11 is 7.38. The predicted molar refractivity (Wildman–Crippen MR) is 110 cm³/mol. The largest absolute Gasteiger partial charge is 0.465 e. The Labute approximate surface area is 171 Å². The van der Waals surface area contributed by atoms with Crippen LogP contribution in [0.4, 0.5) is 5.00 Å². The van der Waals surface area contributed by atoms with Crippen LogP contribution in [-0.2, 0) is 27.3 Å². The number of benzene rings is 1. The topological polar surface area (TPSA) is 75.7 Å². The Morgan fingerprint density at radius 3 is 2.71 bits per heavy atom. The molecule has 0 radical (unpaired) electrons. The maximum Gasteiger partial charge on any atom is 0.341 e. The van der Waals surface area contributed by atoms with E-state index in [1.807, 2.05) is 12.1 Å². The van der Waals surface area contributed by atoms with Gasteiger partial charge in [-0.1, -0.05) is 29.8 Å². The van der Waals surface area contributed by atoms with Crippen molar-refractivity contribution in [2.45, 2.75) is 19.9 Å². The Morgan fingerprint density at radius 1 is 1.29 bits per heavy atom. The minimum absolute atomic E-state index is 0.0214. The number of nitrogens with zero attached hydrogens (tertiary/aromatic N) is 1. The van der Waals surface area contributed by atoms with E-state index in [1.165, 1.54) is 31.4 Å². The molecule has 0 bridgehead atoms. The van der Waals surface area contributed by atoms with Crippen molar-refractivity contribution in [2.24, 2.45) is 0 Å². The second-order valence-corrected chi connectivity index (χ2v) is 7.75. The van der Waals surface area contributed by atoms with Crippen LogP contribution in [0.5, 0.6) is 0 Å². The summed E-state index contributed by atoms with van der Waals surface area (Å²) in [6.45, 7) is 2.47. The van der Waals surface area contributed by atoms with Gasteiger partial charge in [-0.25, -0.2) is 4.79 Å². The number of amides is 2. The van der Waals surface area contributed by atoms with Gasteiger partial charge >= 0.3 is 5.97 Å². The third-order valence-corrected chi connectivity index (χ3v) is 5.92. The summed E-state index contributed by atoms with van der Waals surface area (Å²) < 4.78 is 4.90. The first-order valence-electron chi connectivity index (χ1n) is 8.62. The van der Waals surface area contributed by atoms with Crippen LogP contribution in [0, 0.1) is 0 Å². The number of fused-ring (bicyclic) bond motifs is 1. The zero-order chi connectivity index (χ0) is 20.3. The molecule has 3 rings (SSSR count). The molecule has 0 spiro atoms. The number of rotatable bonds is 4. The molecule has 146 valence electrons. The summed E-state index contributed by atoms with van der Waals surface area (Å²) in [6, 6.07) is 7.17. The number of halogens is 1. The average Bonchev–Trinajstić information content (AvgIpc) is 3.03. The number of methoxy groups -OCH3 is 1. The molecule has 28 heavy (non-hydrogen) atoms. The summed E-state index contributed by atoms with van der Waals surface area (Å²) in [6.07, 6.45) is 3.52. The molecule has 1 N–H and O–H groups in total. The number of anilines is 1. The molecule has 1 aliphatic rings. The van der Waals surface area contributed by atoms with Crippen molar-refractivity contribution in [1.82, 2.24) is 4.90 Å². The summed E-state index contributed by atoms with van der Waals surface area (Å²) in [7, 11) is 1.31. The van der Waals surface area contributed by atoms with Gasteiger partial charge in [0.2, 0.25) is 11.8 Å². The third-order valence-electron chi connectivity index (χ3n) is 4.45. The van der Waals surface area contributed by atoms with Crippen LogP contribution >= 0.6 is 22.9 Å². The summed E-state index contributed by atoms with van der Waals surface area (Å²) in [5, 5.41) is 3.73. The number of esters is 1. The van der Waals surface area contributed by atoms with Gasteiger partial charge in [0.05, 0.1) is 19.2 Å². The molecule has 6 nitrogen and oxygen atoms in total. The van der Waals surface area contributed by atoms with Crippen LogP contribution in [0.3, 0.4) is 0 Å². The van der Waals surface area contributed by atoms with Gasteiger partial charge in [-0.15, -0.1) is 11.3 Å².